The van der Waals surface area contributed by atoms with Gasteiger partial charge in [-0.3, -0.25) is 0 Å². The van der Waals surface area contributed by atoms with E-state index in [9.17, 15) is 13.2 Å². The summed E-state index contributed by atoms with van der Waals surface area (Å²) in [6, 6.07) is -0.368. The lowest BCUT2D eigenvalue weighted by molar-refractivity contribution is -0.194. The second-order valence-corrected chi connectivity index (χ2v) is 4.80. The topological polar surface area (TPSA) is 35.2 Å². The van der Waals surface area contributed by atoms with E-state index < -0.39 is 12.1 Å². The van der Waals surface area contributed by atoms with Crippen molar-refractivity contribution in [2.45, 2.75) is 38.1 Å². The molecule has 1 heterocycles. The Hall–Kier alpha value is -0.290. The largest absolute Gasteiger partial charge is 0.391 e. The van der Waals surface area contributed by atoms with Gasteiger partial charge in [-0.05, 0) is 18.8 Å². The maximum absolute atomic E-state index is 12.6. The van der Waals surface area contributed by atoms with Crippen LogP contribution in [0.2, 0.25) is 0 Å². The maximum Gasteiger partial charge on any atom is 0.391 e. The van der Waals surface area contributed by atoms with Gasteiger partial charge in [0, 0.05) is 18.6 Å². The van der Waals surface area contributed by atoms with E-state index in [1.165, 1.54) is 0 Å². The van der Waals surface area contributed by atoms with Gasteiger partial charge < -0.3 is 10.5 Å². The van der Waals surface area contributed by atoms with Crippen LogP contribution < -0.4 is 5.73 Å². The third-order valence-electron chi connectivity index (χ3n) is 3.69. The van der Waals surface area contributed by atoms with E-state index in [2.05, 4.69) is 0 Å². The molecule has 88 valence electrons. The van der Waals surface area contributed by atoms with E-state index in [-0.39, 0.29) is 30.9 Å². The van der Waals surface area contributed by atoms with Crippen molar-refractivity contribution in [3.05, 3.63) is 0 Å². The molecule has 5 heteroatoms. The predicted octanol–water partition coefficient (Wildman–Crippen LogP) is 1.94. The summed E-state index contributed by atoms with van der Waals surface area (Å²) in [7, 11) is 0. The SMILES string of the molecule is C[C@@H]1CO[C@@H]2C[C@H](C(F)(F)F)C[C@@H](N)[C@H]12. The summed E-state index contributed by atoms with van der Waals surface area (Å²) in [5.41, 5.74) is 5.82. The lowest BCUT2D eigenvalue weighted by atomic mass is 9.73. The zero-order valence-electron chi connectivity index (χ0n) is 8.63. The van der Waals surface area contributed by atoms with Crippen LogP contribution in [-0.2, 0) is 4.74 Å². The van der Waals surface area contributed by atoms with Crippen molar-refractivity contribution in [1.29, 1.82) is 0 Å². The first-order chi connectivity index (χ1) is 6.89. The summed E-state index contributed by atoms with van der Waals surface area (Å²) in [5.74, 6) is -0.873. The fourth-order valence-corrected chi connectivity index (χ4v) is 2.92. The van der Waals surface area contributed by atoms with Crippen LogP contribution in [-0.4, -0.2) is 24.9 Å². The van der Waals surface area contributed by atoms with E-state index >= 15 is 0 Å². The highest BCUT2D eigenvalue weighted by atomic mass is 19.4. The molecule has 5 atom stereocenters. The summed E-state index contributed by atoms with van der Waals surface area (Å²) in [5, 5.41) is 0. The highest BCUT2D eigenvalue weighted by Gasteiger charge is 2.51. The molecule has 0 unspecified atom stereocenters. The van der Waals surface area contributed by atoms with Crippen LogP contribution in [0.25, 0.3) is 0 Å². The quantitative estimate of drug-likeness (QED) is 0.681. The first-order valence-electron chi connectivity index (χ1n) is 5.33. The smallest absolute Gasteiger partial charge is 0.378 e. The Balaban J connectivity index is 2.09. The van der Waals surface area contributed by atoms with Crippen molar-refractivity contribution in [3.8, 4) is 0 Å². The zero-order valence-corrected chi connectivity index (χ0v) is 8.63. The van der Waals surface area contributed by atoms with Crippen molar-refractivity contribution in [2.24, 2.45) is 23.5 Å². The van der Waals surface area contributed by atoms with Crippen LogP contribution in [0, 0.1) is 17.8 Å². The molecule has 0 radical (unpaired) electrons. The first kappa shape index (κ1) is 11.2. The average molecular weight is 223 g/mol. The minimum atomic E-state index is -4.13. The molecule has 1 aliphatic heterocycles. The van der Waals surface area contributed by atoms with Crippen LogP contribution in [0.5, 0.6) is 0 Å². The third kappa shape index (κ3) is 1.99. The summed E-state index contributed by atoms with van der Waals surface area (Å²) in [6.07, 6.45) is -4.27. The van der Waals surface area contributed by atoms with Gasteiger partial charge in [-0.25, -0.2) is 0 Å². The molecule has 0 aromatic heterocycles. The van der Waals surface area contributed by atoms with Crippen LogP contribution in [0.3, 0.4) is 0 Å². The molecule has 0 spiro atoms. The Bertz CT molecular complexity index is 243. The van der Waals surface area contributed by atoms with Crippen LogP contribution >= 0.6 is 0 Å². The van der Waals surface area contributed by atoms with E-state index in [1.54, 1.807) is 0 Å². The van der Waals surface area contributed by atoms with Gasteiger partial charge in [0.15, 0.2) is 0 Å². The summed E-state index contributed by atoms with van der Waals surface area (Å²) < 4.78 is 43.1. The maximum atomic E-state index is 12.6. The van der Waals surface area contributed by atoms with Crippen molar-refractivity contribution >= 4 is 0 Å². The van der Waals surface area contributed by atoms with Crippen molar-refractivity contribution in [1.82, 2.24) is 0 Å². The highest BCUT2D eigenvalue weighted by molar-refractivity contribution is 4.96. The van der Waals surface area contributed by atoms with Crippen LogP contribution in [0.1, 0.15) is 19.8 Å². The summed E-state index contributed by atoms with van der Waals surface area (Å²) in [6.45, 7) is 2.55. The Morgan fingerprint density at radius 2 is 1.93 bits per heavy atom. The van der Waals surface area contributed by atoms with Crippen molar-refractivity contribution in [2.75, 3.05) is 6.61 Å². The Morgan fingerprint density at radius 3 is 2.53 bits per heavy atom. The molecule has 2 rings (SSSR count). The van der Waals surface area contributed by atoms with Crippen molar-refractivity contribution < 1.29 is 17.9 Å². The van der Waals surface area contributed by atoms with Gasteiger partial charge >= 0.3 is 6.18 Å². The Morgan fingerprint density at radius 1 is 1.27 bits per heavy atom. The number of nitrogens with two attached hydrogens (primary N) is 1. The fraction of sp³-hybridized carbons (Fsp3) is 1.00. The van der Waals surface area contributed by atoms with E-state index in [1.807, 2.05) is 6.92 Å². The molecule has 1 saturated carbocycles. The number of alkyl halides is 3. The number of fused-ring (bicyclic) bond motifs is 1. The molecule has 15 heavy (non-hydrogen) atoms. The fourth-order valence-electron chi connectivity index (χ4n) is 2.92. The minimum absolute atomic E-state index is 0.0539. The normalized spacial score (nSPS) is 46.6. The average Bonchev–Trinajstić information content (AvgIpc) is 2.46. The van der Waals surface area contributed by atoms with Gasteiger partial charge in [0.1, 0.15) is 0 Å². The summed E-state index contributed by atoms with van der Waals surface area (Å²) >= 11 is 0. The molecule has 0 amide bonds. The first-order valence-corrected chi connectivity index (χ1v) is 5.33. The van der Waals surface area contributed by atoms with Gasteiger partial charge in [0.25, 0.3) is 0 Å². The van der Waals surface area contributed by atoms with E-state index in [0.717, 1.165) is 0 Å². The van der Waals surface area contributed by atoms with Crippen molar-refractivity contribution in [3.63, 3.8) is 0 Å². The molecule has 2 fully saturated rings. The van der Waals surface area contributed by atoms with Gasteiger partial charge in [-0.15, -0.1) is 0 Å². The number of halogens is 3. The molecule has 1 saturated heterocycles. The molecule has 2 nitrogen and oxygen atoms in total. The van der Waals surface area contributed by atoms with Gasteiger partial charge in [-0.2, -0.15) is 13.2 Å². The van der Waals surface area contributed by atoms with E-state index in [4.69, 9.17) is 10.5 Å². The standard InChI is InChI=1S/C10H16F3NO/c1-5-4-15-8-3-6(10(11,12)13)2-7(14)9(5)8/h5-9H,2-4,14H2,1H3/t5-,6-,7-,8-,9+/m1/s1. The van der Waals surface area contributed by atoms with E-state index in [0.29, 0.717) is 12.5 Å². The number of rotatable bonds is 0. The zero-order chi connectivity index (χ0) is 11.2. The second-order valence-electron chi connectivity index (χ2n) is 4.80. The number of hydrogen-bond acceptors (Lipinski definition) is 2. The molecule has 2 aliphatic rings. The van der Waals surface area contributed by atoms with Crippen LogP contribution in [0.4, 0.5) is 13.2 Å². The predicted molar refractivity (Wildman–Crippen MR) is 49.1 cm³/mol. The summed E-state index contributed by atoms with van der Waals surface area (Å²) in [4.78, 5) is 0. The monoisotopic (exact) mass is 223 g/mol. The highest BCUT2D eigenvalue weighted by Crippen LogP contribution is 2.44. The third-order valence-corrected chi connectivity index (χ3v) is 3.69. The second kappa shape index (κ2) is 3.63. The van der Waals surface area contributed by atoms with Crippen LogP contribution in [0.15, 0.2) is 0 Å². The molecule has 1 aliphatic carbocycles. The minimum Gasteiger partial charge on any atom is -0.378 e. The molecule has 0 aromatic rings. The Labute approximate surface area is 87.0 Å². The molecule has 0 bridgehead atoms. The lowest BCUT2D eigenvalue weighted by Crippen LogP contribution is -2.48. The molecule has 0 aromatic carbocycles. The lowest BCUT2D eigenvalue weighted by Gasteiger charge is -2.37. The molecule has 2 N–H and O–H groups in total. The Kier molecular flexibility index (Phi) is 2.71. The number of ether oxygens (including phenoxy) is 1. The number of hydrogen-bond donors (Lipinski definition) is 1. The molecular formula is C10H16F3NO. The molecular weight excluding hydrogens is 207 g/mol. The van der Waals surface area contributed by atoms with Gasteiger partial charge in [0.05, 0.1) is 12.0 Å². The van der Waals surface area contributed by atoms with Gasteiger partial charge in [0.2, 0.25) is 0 Å². The van der Waals surface area contributed by atoms with Gasteiger partial charge in [-0.1, -0.05) is 6.92 Å².